The molecule has 0 amide bonds. The fourth-order valence-corrected chi connectivity index (χ4v) is 4.15. The van der Waals surface area contributed by atoms with E-state index in [9.17, 15) is 0 Å². The van der Waals surface area contributed by atoms with E-state index in [4.69, 9.17) is 16.3 Å². The maximum absolute atomic E-state index is 6.52. The molecule has 2 heterocycles. The predicted octanol–water partition coefficient (Wildman–Crippen LogP) is 3.47. The molecule has 144 valence electrons. The number of hydrogen-bond donors (Lipinski definition) is 2. The molecule has 0 aliphatic carbocycles. The lowest BCUT2D eigenvalue weighted by atomic mass is 10.0. The molecule has 2 aromatic rings. The van der Waals surface area contributed by atoms with Crippen molar-refractivity contribution in [3.05, 3.63) is 63.7 Å². The number of benzene rings is 2. The van der Waals surface area contributed by atoms with E-state index in [-0.39, 0.29) is 0 Å². The lowest BCUT2D eigenvalue weighted by Crippen LogP contribution is -2.35. The van der Waals surface area contributed by atoms with E-state index in [1.54, 1.807) is 0 Å². The molecular formula is C22H28ClN3O. The summed E-state index contributed by atoms with van der Waals surface area (Å²) in [6.45, 7) is 7.59. The Morgan fingerprint density at radius 3 is 2.52 bits per heavy atom. The molecule has 27 heavy (non-hydrogen) atoms. The van der Waals surface area contributed by atoms with E-state index >= 15 is 0 Å². The van der Waals surface area contributed by atoms with Gasteiger partial charge in [0.1, 0.15) is 0 Å². The highest BCUT2D eigenvalue weighted by Gasteiger charge is 2.15. The van der Waals surface area contributed by atoms with Gasteiger partial charge in [-0.2, -0.15) is 0 Å². The summed E-state index contributed by atoms with van der Waals surface area (Å²) >= 11 is 6.52. The van der Waals surface area contributed by atoms with E-state index in [0.29, 0.717) is 0 Å². The Hall–Kier alpha value is -1.59. The summed E-state index contributed by atoms with van der Waals surface area (Å²) in [5.41, 5.74) is 6.53. The number of rotatable bonds is 5. The normalized spacial score (nSPS) is 18.0. The minimum absolute atomic E-state index is 0.793. The fraction of sp³-hybridized carbons (Fsp3) is 0.455. The van der Waals surface area contributed by atoms with Gasteiger partial charge in [0.25, 0.3) is 0 Å². The zero-order valence-corrected chi connectivity index (χ0v) is 16.5. The smallest absolute Gasteiger partial charge is 0.0640 e. The summed E-state index contributed by atoms with van der Waals surface area (Å²) in [5, 5.41) is 7.89. The van der Waals surface area contributed by atoms with Crippen molar-refractivity contribution in [2.75, 3.05) is 44.7 Å². The van der Waals surface area contributed by atoms with Gasteiger partial charge in [0.2, 0.25) is 0 Å². The molecule has 0 atom stereocenters. The molecule has 2 aliphatic heterocycles. The Morgan fingerprint density at radius 1 is 0.963 bits per heavy atom. The zero-order chi connectivity index (χ0) is 18.5. The van der Waals surface area contributed by atoms with Gasteiger partial charge in [0, 0.05) is 26.2 Å². The molecule has 2 N–H and O–H groups in total. The third kappa shape index (κ3) is 4.82. The van der Waals surface area contributed by atoms with Crippen LogP contribution in [0.3, 0.4) is 0 Å². The molecule has 1 saturated heterocycles. The molecule has 0 aromatic heterocycles. The molecule has 0 spiro atoms. The Labute approximate surface area is 166 Å². The summed E-state index contributed by atoms with van der Waals surface area (Å²) in [4.78, 5) is 2.45. The van der Waals surface area contributed by atoms with Gasteiger partial charge in [-0.25, -0.2) is 0 Å². The number of nitrogens with zero attached hydrogens (tertiary/aromatic N) is 1. The second kappa shape index (κ2) is 9.07. The first kappa shape index (κ1) is 18.8. The van der Waals surface area contributed by atoms with Gasteiger partial charge >= 0.3 is 0 Å². The van der Waals surface area contributed by atoms with Crippen LogP contribution in [-0.4, -0.2) is 44.3 Å². The fourth-order valence-electron chi connectivity index (χ4n) is 3.91. The van der Waals surface area contributed by atoms with Crippen molar-refractivity contribution >= 4 is 17.3 Å². The lowest BCUT2D eigenvalue weighted by molar-refractivity contribution is 0.0342. The minimum Gasteiger partial charge on any atom is -0.380 e. The van der Waals surface area contributed by atoms with Crippen LogP contribution in [0, 0.1) is 0 Å². The lowest BCUT2D eigenvalue weighted by Gasteiger charge is -2.26. The van der Waals surface area contributed by atoms with Gasteiger partial charge in [-0.05, 0) is 54.3 Å². The third-order valence-electron chi connectivity index (χ3n) is 5.48. The van der Waals surface area contributed by atoms with Gasteiger partial charge in [0.05, 0.1) is 23.9 Å². The summed E-state index contributed by atoms with van der Waals surface area (Å²) in [6, 6.07) is 13.1. The Balaban J connectivity index is 1.40. The number of nitrogens with one attached hydrogen (secondary N) is 2. The summed E-state index contributed by atoms with van der Waals surface area (Å²) in [5.74, 6) is 0. The van der Waals surface area contributed by atoms with E-state index < -0.39 is 0 Å². The average Bonchev–Trinajstić information content (AvgIpc) is 2.95. The number of anilines is 1. The van der Waals surface area contributed by atoms with Crippen LogP contribution in [0.15, 0.2) is 36.4 Å². The summed E-state index contributed by atoms with van der Waals surface area (Å²) < 4.78 is 5.42. The summed E-state index contributed by atoms with van der Waals surface area (Å²) in [6.07, 6.45) is 2.09. The van der Waals surface area contributed by atoms with Crippen molar-refractivity contribution in [3.8, 4) is 0 Å². The second-order valence-corrected chi connectivity index (χ2v) is 7.78. The van der Waals surface area contributed by atoms with Crippen molar-refractivity contribution in [3.63, 3.8) is 0 Å². The van der Waals surface area contributed by atoms with Gasteiger partial charge < -0.3 is 15.4 Å². The van der Waals surface area contributed by atoms with E-state index in [0.717, 1.165) is 76.0 Å². The Morgan fingerprint density at radius 2 is 1.70 bits per heavy atom. The highest BCUT2D eigenvalue weighted by Crippen LogP contribution is 2.31. The number of morpholine rings is 1. The van der Waals surface area contributed by atoms with Crippen molar-refractivity contribution < 1.29 is 4.74 Å². The van der Waals surface area contributed by atoms with Gasteiger partial charge in [-0.3, -0.25) is 4.90 Å². The second-order valence-electron chi connectivity index (χ2n) is 7.37. The van der Waals surface area contributed by atoms with Crippen LogP contribution in [0.25, 0.3) is 0 Å². The van der Waals surface area contributed by atoms with Crippen LogP contribution in [0.2, 0.25) is 5.02 Å². The molecule has 4 rings (SSSR count). The van der Waals surface area contributed by atoms with Crippen LogP contribution >= 0.6 is 11.6 Å². The zero-order valence-electron chi connectivity index (χ0n) is 15.8. The molecule has 1 fully saturated rings. The quantitative estimate of drug-likeness (QED) is 0.826. The first-order chi connectivity index (χ1) is 13.3. The van der Waals surface area contributed by atoms with Crippen molar-refractivity contribution in [2.24, 2.45) is 0 Å². The first-order valence-electron chi connectivity index (χ1n) is 9.92. The maximum atomic E-state index is 6.52. The SMILES string of the molecule is Clc1ccc2c(c1NCc1ccc(CN3CCOCC3)cc1)CCNCC2. The molecule has 0 unspecified atom stereocenters. The molecule has 2 aromatic carbocycles. The number of halogens is 1. The molecule has 0 radical (unpaired) electrons. The molecular weight excluding hydrogens is 358 g/mol. The van der Waals surface area contributed by atoms with Crippen LogP contribution in [-0.2, 0) is 30.7 Å². The van der Waals surface area contributed by atoms with Crippen molar-refractivity contribution in [1.29, 1.82) is 0 Å². The largest absolute Gasteiger partial charge is 0.380 e. The van der Waals surface area contributed by atoms with Crippen LogP contribution < -0.4 is 10.6 Å². The van der Waals surface area contributed by atoms with Crippen LogP contribution in [0.4, 0.5) is 5.69 Å². The number of ether oxygens (including phenoxy) is 1. The molecule has 0 bridgehead atoms. The predicted molar refractivity (Wildman–Crippen MR) is 112 cm³/mol. The molecule has 2 aliphatic rings. The van der Waals surface area contributed by atoms with Gasteiger partial charge in [-0.15, -0.1) is 0 Å². The van der Waals surface area contributed by atoms with E-state index in [1.165, 1.54) is 22.3 Å². The van der Waals surface area contributed by atoms with E-state index in [1.807, 2.05) is 6.07 Å². The topological polar surface area (TPSA) is 36.5 Å². The number of hydrogen-bond acceptors (Lipinski definition) is 4. The minimum atomic E-state index is 0.793. The highest BCUT2D eigenvalue weighted by atomic mass is 35.5. The summed E-state index contributed by atoms with van der Waals surface area (Å²) in [7, 11) is 0. The maximum Gasteiger partial charge on any atom is 0.0640 e. The van der Waals surface area contributed by atoms with E-state index in [2.05, 4.69) is 45.9 Å². The Kier molecular flexibility index (Phi) is 6.30. The van der Waals surface area contributed by atoms with Crippen molar-refractivity contribution in [1.82, 2.24) is 10.2 Å². The molecule has 0 saturated carbocycles. The standard InChI is InChI=1S/C22H28ClN3O/c23-21-6-5-19-7-9-24-10-8-20(19)22(21)25-15-17-1-3-18(4-2-17)16-26-11-13-27-14-12-26/h1-6,24-25H,7-16H2. The Bertz CT molecular complexity index is 757. The number of fused-ring (bicyclic) bond motifs is 1. The monoisotopic (exact) mass is 385 g/mol. The van der Waals surface area contributed by atoms with Gasteiger partial charge in [0.15, 0.2) is 0 Å². The van der Waals surface area contributed by atoms with Crippen LogP contribution in [0.1, 0.15) is 22.3 Å². The van der Waals surface area contributed by atoms with Crippen LogP contribution in [0.5, 0.6) is 0 Å². The molecule has 4 nitrogen and oxygen atoms in total. The third-order valence-corrected chi connectivity index (χ3v) is 5.80. The highest BCUT2D eigenvalue weighted by molar-refractivity contribution is 6.33. The van der Waals surface area contributed by atoms with Gasteiger partial charge in [-0.1, -0.05) is 41.9 Å². The molecule has 5 heteroatoms. The van der Waals surface area contributed by atoms with Crippen molar-refractivity contribution in [2.45, 2.75) is 25.9 Å². The average molecular weight is 386 g/mol. The first-order valence-corrected chi connectivity index (χ1v) is 10.3.